The summed E-state index contributed by atoms with van der Waals surface area (Å²) in [4.78, 5) is 0. The van der Waals surface area contributed by atoms with Crippen LogP contribution in [-0.2, 0) is 0 Å². The lowest BCUT2D eigenvalue weighted by Crippen LogP contribution is -2.03. The molecule has 2 nitrogen and oxygen atoms in total. The van der Waals surface area contributed by atoms with Crippen LogP contribution in [0, 0.1) is 0 Å². The molecule has 1 aromatic carbocycles. The highest BCUT2D eigenvalue weighted by Crippen LogP contribution is 2.34. The Morgan fingerprint density at radius 2 is 2.23 bits per heavy atom. The second kappa shape index (κ2) is 3.01. The van der Waals surface area contributed by atoms with E-state index in [1.807, 2.05) is 24.4 Å². The van der Waals surface area contributed by atoms with Gasteiger partial charge in [-0.15, -0.1) is 11.3 Å². The van der Waals surface area contributed by atoms with Gasteiger partial charge in [0.05, 0.1) is 4.70 Å². The summed E-state index contributed by atoms with van der Waals surface area (Å²) in [7, 11) is 0. The van der Waals surface area contributed by atoms with Crippen molar-refractivity contribution in [2.75, 3.05) is 0 Å². The Morgan fingerprint density at radius 3 is 2.92 bits per heavy atom. The van der Waals surface area contributed by atoms with Crippen molar-refractivity contribution in [1.82, 2.24) is 0 Å². The summed E-state index contributed by atoms with van der Waals surface area (Å²) < 4.78 is 0.926. The van der Waals surface area contributed by atoms with E-state index in [1.54, 1.807) is 6.07 Å². The van der Waals surface area contributed by atoms with Gasteiger partial charge in [-0.2, -0.15) is 0 Å². The highest BCUT2D eigenvalue weighted by Gasteiger charge is 2.09. The zero-order chi connectivity index (χ0) is 9.42. The summed E-state index contributed by atoms with van der Waals surface area (Å²) in [6.07, 6.45) is 0. The quantitative estimate of drug-likeness (QED) is 0.731. The Labute approximate surface area is 80.6 Å². The number of rotatable bonds is 1. The summed E-state index contributed by atoms with van der Waals surface area (Å²) in [6.45, 7) is 1.95. The van der Waals surface area contributed by atoms with Crippen LogP contribution in [0.15, 0.2) is 23.6 Å². The number of hydrogen-bond acceptors (Lipinski definition) is 3. The van der Waals surface area contributed by atoms with E-state index in [1.165, 1.54) is 11.3 Å². The van der Waals surface area contributed by atoms with Gasteiger partial charge in [0.15, 0.2) is 0 Å². The standard InChI is InChI=1S/C10H11NOS/c1-6(11)8-5-13-10-7(8)3-2-4-9(10)12/h2-6,12H,11H2,1H3. The SMILES string of the molecule is CC(N)c1csc2c(O)cccc12. The summed E-state index contributed by atoms with van der Waals surface area (Å²) in [5.41, 5.74) is 6.91. The molecule has 0 saturated heterocycles. The van der Waals surface area contributed by atoms with Crippen molar-refractivity contribution in [2.24, 2.45) is 5.73 Å². The number of phenols is 1. The molecule has 0 saturated carbocycles. The van der Waals surface area contributed by atoms with Crippen LogP contribution in [0.5, 0.6) is 5.75 Å². The zero-order valence-electron chi connectivity index (χ0n) is 7.32. The monoisotopic (exact) mass is 193 g/mol. The van der Waals surface area contributed by atoms with Gasteiger partial charge in [0.2, 0.25) is 0 Å². The van der Waals surface area contributed by atoms with Crippen LogP contribution in [0.2, 0.25) is 0 Å². The number of aromatic hydroxyl groups is 1. The number of nitrogens with two attached hydrogens (primary N) is 1. The highest BCUT2D eigenvalue weighted by atomic mass is 32.1. The van der Waals surface area contributed by atoms with Crippen LogP contribution in [-0.4, -0.2) is 5.11 Å². The molecule has 3 heteroatoms. The summed E-state index contributed by atoms with van der Waals surface area (Å²) in [5, 5.41) is 12.6. The predicted octanol–water partition coefficient (Wildman–Crippen LogP) is 2.63. The van der Waals surface area contributed by atoms with E-state index < -0.39 is 0 Å². The van der Waals surface area contributed by atoms with Gasteiger partial charge in [0.1, 0.15) is 5.75 Å². The Balaban J connectivity index is 2.75. The van der Waals surface area contributed by atoms with Gasteiger partial charge in [-0.05, 0) is 23.9 Å². The fourth-order valence-electron chi connectivity index (χ4n) is 1.41. The first-order chi connectivity index (χ1) is 6.20. The first-order valence-corrected chi connectivity index (χ1v) is 5.03. The molecule has 0 amide bonds. The molecule has 1 unspecified atom stereocenters. The maximum atomic E-state index is 9.54. The van der Waals surface area contributed by atoms with Crippen molar-refractivity contribution in [3.8, 4) is 5.75 Å². The zero-order valence-corrected chi connectivity index (χ0v) is 8.14. The van der Waals surface area contributed by atoms with Crippen LogP contribution in [0.1, 0.15) is 18.5 Å². The second-order valence-corrected chi connectivity index (χ2v) is 4.01. The van der Waals surface area contributed by atoms with Gasteiger partial charge in [0.25, 0.3) is 0 Å². The highest BCUT2D eigenvalue weighted by molar-refractivity contribution is 7.17. The Hall–Kier alpha value is -1.06. The fraction of sp³-hybridized carbons (Fsp3) is 0.200. The maximum absolute atomic E-state index is 9.54. The van der Waals surface area contributed by atoms with Crippen LogP contribution >= 0.6 is 11.3 Å². The maximum Gasteiger partial charge on any atom is 0.133 e. The number of hydrogen-bond donors (Lipinski definition) is 2. The average Bonchev–Trinajstić information content (AvgIpc) is 2.48. The second-order valence-electron chi connectivity index (χ2n) is 3.13. The number of fused-ring (bicyclic) bond motifs is 1. The number of thiophene rings is 1. The Morgan fingerprint density at radius 1 is 1.46 bits per heavy atom. The molecule has 0 spiro atoms. The Kier molecular flexibility index (Phi) is 1.98. The molecule has 1 atom stereocenters. The molecule has 0 fully saturated rings. The summed E-state index contributed by atoms with van der Waals surface area (Å²) >= 11 is 1.54. The third-order valence-corrected chi connectivity index (χ3v) is 3.14. The lowest BCUT2D eigenvalue weighted by Gasteiger charge is -2.02. The average molecular weight is 193 g/mol. The third kappa shape index (κ3) is 1.30. The normalized spacial score (nSPS) is 13.4. The minimum absolute atomic E-state index is 0.0237. The largest absolute Gasteiger partial charge is 0.506 e. The summed E-state index contributed by atoms with van der Waals surface area (Å²) in [5.74, 6) is 0.342. The van der Waals surface area contributed by atoms with Gasteiger partial charge in [-0.1, -0.05) is 12.1 Å². The molecular weight excluding hydrogens is 182 g/mol. The lowest BCUT2D eigenvalue weighted by molar-refractivity contribution is 0.482. The van der Waals surface area contributed by atoms with Crippen molar-refractivity contribution in [2.45, 2.75) is 13.0 Å². The third-order valence-electron chi connectivity index (χ3n) is 2.10. The van der Waals surface area contributed by atoms with Crippen molar-refractivity contribution in [3.63, 3.8) is 0 Å². The van der Waals surface area contributed by atoms with E-state index in [-0.39, 0.29) is 6.04 Å². The van der Waals surface area contributed by atoms with Crippen molar-refractivity contribution >= 4 is 21.4 Å². The van der Waals surface area contributed by atoms with Crippen LogP contribution in [0.25, 0.3) is 10.1 Å². The molecule has 0 bridgehead atoms. The van der Waals surface area contributed by atoms with Crippen LogP contribution in [0.4, 0.5) is 0 Å². The molecule has 2 rings (SSSR count). The molecule has 0 radical (unpaired) electrons. The van der Waals surface area contributed by atoms with Gasteiger partial charge in [-0.25, -0.2) is 0 Å². The van der Waals surface area contributed by atoms with Gasteiger partial charge >= 0.3 is 0 Å². The predicted molar refractivity (Wildman–Crippen MR) is 56.1 cm³/mol. The van der Waals surface area contributed by atoms with Crippen molar-refractivity contribution < 1.29 is 5.11 Å². The minimum atomic E-state index is 0.0237. The summed E-state index contributed by atoms with van der Waals surface area (Å²) in [6, 6.07) is 5.56. The molecule has 2 aromatic rings. The van der Waals surface area contributed by atoms with E-state index >= 15 is 0 Å². The van der Waals surface area contributed by atoms with Gasteiger partial charge in [-0.3, -0.25) is 0 Å². The van der Waals surface area contributed by atoms with Crippen LogP contribution in [0.3, 0.4) is 0 Å². The molecule has 1 heterocycles. The smallest absolute Gasteiger partial charge is 0.133 e. The van der Waals surface area contributed by atoms with E-state index in [9.17, 15) is 5.11 Å². The lowest BCUT2D eigenvalue weighted by atomic mass is 10.1. The number of benzene rings is 1. The van der Waals surface area contributed by atoms with Gasteiger partial charge in [0, 0.05) is 11.4 Å². The fourth-order valence-corrected chi connectivity index (χ4v) is 2.50. The molecular formula is C10H11NOS. The molecule has 0 aliphatic rings. The Bertz CT molecular complexity index is 433. The number of phenolic OH excluding ortho intramolecular Hbond substituents is 1. The molecule has 13 heavy (non-hydrogen) atoms. The topological polar surface area (TPSA) is 46.2 Å². The first-order valence-electron chi connectivity index (χ1n) is 4.15. The molecule has 0 aliphatic heterocycles. The molecule has 3 N–H and O–H groups in total. The van der Waals surface area contributed by atoms with Gasteiger partial charge < -0.3 is 10.8 Å². The minimum Gasteiger partial charge on any atom is -0.506 e. The first kappa shape index (κ1) is 8.53. The molecule has 68 valence electrons. The molecule has 0 aliphatic carbocycles. The van der Waals surface area contributed by atoms with Crippen molar-refractivity contribution in [1.29, 1.82) is 0 Å². The van der Waals surface area contributed by atoms with E-state index in [0.717, 1.165) is 15.6 Å². The molecule has 1 aromatic heterocycles. The van der Waals surface area contributed by atoms with E-state index in [4.69, 9.17) is 5.73 Å². The van der Waals surface area contributed by atoms with E-state index in [2.05, 4.69) is 0 Å². The van der Waals surface area contributed by atoms with Crippen molar-refractivity contribution in [3.05, 3.63) is 29.1 Å². The van der Waals surface area contributed by atoms with Crippen LogP contribution < -0.4 is 5.73 Å². The van der Waals surface area contributed by atoms with E-state index in [0.29, 0.717) is 5.75 Å².